The van der Waals surface area contributed by atoms with Crippen molar-refractivity contribution < 1.29 is 23.5 Å². The first-order valence-electron chi connectivity index (χ1n) is 13.6. The van der Waals surface area contributed by atoms with Gasteiger partial charge in [0.05, 0.1) is 36.0 Å². The Labute approximate surface area is 250 Å². The Balaban J connectivity index is 1.57. The number of ether oxygens (including phenoxy) is 1. The van der Waals surface area contributed by atoms with E-state index in [0.717, 1.165) is 28.0 Å². The highest BCUT2D eigenvalue weighted by atomic mass is 32.1. The number of anilines is 2. The van der Waals surface area contributed by atoms with Crippen molar-refractivity contribution in [2.75, 3.05) is 16.9 Å². The molecule has 43 heavy (non-hydrogen) atoms. The molecule has 3 aromatic carbocycles. The van der Waals surface area contributed by atoms with Crippen LogP contribution in [0.1, 0.15) is 53.7 Å². The molecule has 0 bridgehead atoms. The quantitative estimate of drug-likeness (QED) is 0.257. The summed E-state index contributed by atoms with van der Waals surface area (Å²) in [6.07, 6.45) is 0. The second-order valence-corrected chi connectivity index (χ2v) is 11.7. The number of aryl methyl sites for hydroxylation is 3. The van der Waals surface area contributed by atoms with E-state index >= 15 is 4.79 Å². The first kappa shape index (κ1) is 26.8. The molecule has 1 unspecified atom stereocenters. The number of fused-ring (bicyclic) bond motifs is 5. The van der Waals surface area contributed by atoms with Crippen LogP contribution < -0.4 is 15.2 Å². The van der Waals surface area contributed by atoms with Crippen molar-refractivity contribution in [2.24, 2.45) is 0 Å². The van der Waals surface area contributed by atoms with Crippen LogP contribution in [-0.4, -0.2) is 29.9 Å². The molecule has 0 fully saturated rings. The zero-order valence-corrected chi connectivity index (χ0v) is 24.6. The summed E-state index contributed by atoms with van der Waals surface area (Å²) in [5.41, 5.74) is 1.78. The summed E-state index contributed by atoms with van der Waals surface area (Å²) < 4.78 is 11.2. The minimum absolute atomic E-state index is 0.0614. The molecule has 2 amide bonds. The number of thiazole rings is 1. The van der Waals surface area contributed by atoms with E-state index in [4.69, 9.17) is 9.15 Å². The molecule has 2 aliphatic heterocycles. The molecule has 0 saturated carbocycles. The lowest BCUT2D eigenvalue weighted by atomic mass is 9.84. The van der Waals surface area contributed by atoms with E-state index in [0.29, 0.717) is 16.9 Å². The van der Waals surface area contributed by atoms with Gasteiger partial charge in [0.2, 0.25) is 5.76 Å². The average Bonchev–Trinajstić information content (AvgIpc) is 3.59. The van der Waals surface area contributed by atoms with E-state index in [9.17, 15) is 14.4 Å². The van der Waals surface area contributed by atoms with Crippen LogP contribution >= 0.6 is 11.3 Å². The van der Waals surface area contributed by atoms with Gasteiger partial charge in [0.25, 0.3) is 11.8 Å². The molecule has 1 spiro atoms. The zero-order chi connectivity index (χ0) is 30.2. The van der Waals surface area contributed by atoms with E-state index in [1.54, 1.807) is 42.2 Å². The number of benzene rings is 3. The lowest BCUT2D eigenvalue weighted by Crippen LogP contribution is -2.53. The Morgan fingerprint density at radius 2 is 1.67 bits per heavy atom. The Morgan fingerprint density at radius 3 is 2.42 bits per heavy atom. The lowest BCUT2D eigenvalue weighted by Gasteiger charge is -2.32. The normalized spacial score (nSPS) is 17.2. The molecule has 2 aromatic heterocycles. The molecule has 2 aliphatic rings. The van der Waals surface area contributed by atoms with Crippen molar-refractivity contribution in [3.8, 4) is 0 Å². The van der Waals surface area contributed by atoms with E-state index in [1.165, 1.54) is 12.0 Å². The Bertz CT molecular complexity index is 2080. The third-order valence-corrected chi connectivity index (χ3v) is 9.39. The van der Waals surface area contributed by atoms with Gasteiger partial charge in [-0.1, -0.05) is 59.9 Å². The molecule has 1 atom stereocenters. The second-order valence-electron chi connectivity index (χ2n) is 10.7. The van der Waals surface area contributed by atoms with Crippen LogP contribution in [0.2, 0.25) is 0 Å². The lowest BCUT2D eigenvalue weighted by molar-refractivity contribution is -0.121. The van der Waals surface area contributed by atoms with Crippen molar-refractivity contribution >= 4 is 50.9 Å². The number of methoxy groups -OCH3 is 1. The van der Waals surface area contributed by atoms with Crippen molar-refractivity contribution in [2.45, 2.75) is 32.9 Å². The highest BCUT2D eigenvalue weighted by molar-refractivity contribution is 7.17. The molecule has 0 N–H and O–H groups in total. The number of aromatic nitrogens is 1. The van der Waals surface area contributed by atoms with Crippen LogP contribution in [0.5, 0.6) is 0 Å². The third kappa shape index (κ3) is 3.59. The maximum atomic E-state index is 15.0. The molecule has 0 saturated heterocycles. The third-order valence-electron chi connectivity index (χ3n) is 8.27. The Kier molecular flexibility index (Phi) is 5.90. The molecule has 7 rings (SSSR count). The summed E-state index contributed by atoms with van der Waals surface area (Å²) in [5, 5.41) is 0.350. The molecular weight excluding hydrogens is 566 g/mol. The monoisotopic (exact) mass is 591 g/mol. The maximum absolute atomic E-state index is 15.0. The highest BCUT2D eigenvalue weighted by Gasteiger charge is 2.66. The van der Waals surface area contributed by atoms with Crippen LogP contribution in [0.15, 0.2) is 75.9 Å². The summed E-state index contributed by atoms with van der Waals surface area (Å²) in [5.74, 6) is -2.03. The maximum Gasteiger partial charge on any atom is 0.350 e. The number of hydrogen-bond donors (Lipinski definition) is 0. The van der Waals surface area contributed by atoms with E-state index < -0.39 is 28.8 Å². The molecule has 9 nitrogen and oxygen atoms in total. The number of carbonyl (C=O) groups excluding carboxylic acids is 3. The Hall–Kier alpha value is -5.09. The van der Waals surface area contributed by atoms with Gasteiger partial charge in [-0.15, -0.1) is 0 Å². The number of hydrogen-bond acceptors (Lipinski definition) is 8. The summed E-state index contributed by atoms with van der Waals surface area (Å²) in [7, 11) is 1.26. The number of nitrogens with zero attached hydrogens (tertiary/aromatic N) is 3. The first-order valence-corrected chi connectivity index (χ1v) is 14.4. The summed E-state index contributed by atoms with van der Waals surface area (Å²) in [6.45, 7) is 5.61. The SMILES string of the molecule is COC(=O)c1sc(N2C(=O)c3oc4cc(C)c(C)cc4c(=O)c3C23C(=O)N(Cc2ccccc2)c2ccccc23)nc1C. The average molecular weight is 592 g/mol. The van der Waals surface area contributed by atoms with Crippen LogP contribution in [0.4, 0.5) is 10.8 Å². The fourth-order valence-corrected chi connectivity index (χ4v) is 7.14. The van der Waals surface area contributed by atoms with Gasteiger partial charge in [0, 0.05) is 5.56 Å². The van der Waals surface area contributed by atoms with Crippen molar-refractivity contribution in [3.05, 3.63) is 121 Å². The second kappa shape index (κ2) is 9.47. The van der Waals surface area contributed by atoms with Crippen LogP contribution in [-0.2, 0) is 21.6 Å². The predicted molar refractivity (Wildman–Crippen MR) is 162 cm³/mol. The summed E-state index contributed by atoms with van der Waals surface area (Å²) >= 11 is 0.927. The van der Waals surface area contributed by atoms with Gasteiger partial charge in [-0.2, -0.15) is 0 Å². The zero-order valence-electron chi connectivity index (χ0n) is 23.8. The van der Waals surface area contributed by atoms with Gasteiger partial charge in [0.1, 0.15) is 10.5 Å². The van der Waals surface area contributed by atoms with E-state index in [-0.39, 0.29) is 38.8 Å². The molecule has 0 radical (unpaired) electrons. The van der Waals surface area contributed by atoms with Crippen LogP contribution in [0.3, 0.4) is 0 Å². The molecule has 214 valence electrons. The number of carbonyl (C=O) groups is 3. The summed E-state index contributed by atoms with van der Waals surface area (Å²) in [4.78, 5) is 64.1. The van der Waals surface area contributed by atoms with Gasteiger partial charge in [-0.25, -0.2) is 9.78 Å². The van der Waals surface area contributed by atoms with Crippen molar-refractivity contribution in [1.82, 2.24) is 4.98 Å². The smallest absolute Gasteiger partial charge is 0.350 e. The van der Waals surface area contributed by atoms with Gasteiger partial charge < -0.3 is 14.1 Å². The topological polar surface area (TPSA) is 110 Å². The number of amides is 2. The fourth-order valence-electron chi connectivity index (χ4n) is 6.10. The minimum Gasteiger partial charge on any atom is -0.465 e. The molecule has 10 heteroatoms. The van der Waals surface area contributed by atoms with Crippen LogP contribution in [0.25, 0.3) is 11.0 Å². The largest absolute Gasteiger partial charge is 0.465 e. The predicted octanol–water partition coefficient (Wildman–Crippen LogP) is 5.41. The van der Waals surface area contributed by atoms with Gasteiger partial charge in [-0.3, -0.25) is 19.3 Å². The molecule has 4 heterocycles. The number of para-hydroxylation sites is 1. The summed E-state index contributed by atoms with van der Waals surface area (Å²) in [6, 6.07) is 20.1. The first-order chi connectivity index (χ1) is 20.7. The van der Waals surface area contributed by atoms with Crippen molar-refractivity contribution in [1.29, 1.82) is 0 Å². The number of esters is 1. The fraction of sp³-hybridized carbons (Fsp3) is 0.182. The highest BCUT2D eigenvalue weighted by Crippen LogP contribution is 2.55. The standard InChI is InChI=1S/C33H25N3O6S/c1-17-14-21-24(15-18(17)2)42-27-25(26(21)37)33(36(29(27)38)32-34-19(3)28(43-32)30(39)41-4)22-12-8-9-13-23(22)35(31(33)40)16-20-10-6-5-7-11-20/h5-15H,16H2,1-4H3. The van der Waals surface area contributed by atoms with Gasteiger partial charge in [-0.05, 0) is 55.7 Å². The Morgan fingerprint density at radius 1 is 0.977 bits per heavy atom. The number of rotatable bonds is 4. The van der Waals surface area contributed by atoms with Gasteiger partial charge in [0.15, 0.2) is 16.1 Å². The minimum atomic E-state index is -1.91. The van der Waals surface area contributed by atoms with Crippen LogP contribution in [0, 0.1) is 20.8 Å². The van der Waals surface area contributed by atoms with Gasteiger partial charge >= 0.3 is 5.97 Å². The molecule has 0 aliphatic carbocycles. The molecule has 5 aromatic rings. The van der Waals surface area contributed by atoms with E-state index in [1.807, 2.05) is 50.2 Å². The van der Waals surface area contributed by atoms with E-state index in [2.05, 4.69) is 4.98 Å². The molecular formula is C33H25N3O6S. The van der Waals surface area contributed by atoms with Crippen molar-refractivity contribution in [3.63, 3.8) is 0 Å².